The highest BCUT2D eigenvalue weighted by Gasteiger charge is 2.27. The third kappa shape index (κ3) is 4.17. The molecule has 1 aliphatic heterocycles. The Morgan fingerprint density at radius 2 is 1.81 bits per heavy atom. The molecule has 2 aromatic carbocycles. The fourth-order valence-electron chi connectivity index (χ4n) is 2.61. The molecule has 10 heteroatoms. The number of carbonyl (C=O) groups is 1. The molecule has 0 radical (unpaired) electrons. The zero-order valence-corrected chi connectivity index (χ0v) is 15.4. The van der Waals surface area contributed by atoms with Gasteiger partial charge in [0.25, 0.3) is 0 Å². The van der Waals surface area contributed by atoms with E-state index in [2.05, 4.69) is 20.6 Å². The number of nitrogens with one attached hydrogen (secondary N) is 2. The van der Waals surface area contributed by atoms with Crippen molar-refractivity contribution in [3.63, 3.8) is 0 Å². The molecule has 0 spiro atoms. The molecule has 0 saturated heterocycles. The van der Waals surface area contributed by atoms with Gasteiger partial charge in [0.2, 0.25) is 5.79 Å². The van der Waals surface area contributed by atoms with Crippen LogP contribution in [0.25, 0.3) is 0 Å². The van der Waals surface area contributed by atoms with Gasteiger partial charge in [-0.05, 0) is 43.3 Å². The second-order valence-corrected chi connectivity index (χ2v) is 7.46. The van der Waals surface area contributed by atoms with Gasteiger partial charge in [-0.1, -0.05) is 0 Å². The summed E-state index contributed by atoms with van der Waals surface area (Å²) >= 11 is 0. The van der Waals surface area contributed by atoms with Crippen molar-refractivity contribution in [3.05, 3.63) is 53.2 Å². The summed E-state index contributed by atoms with van der Waals surface area (Å²) in [4.78, 5) is 19.2. The third-order valence-electron chi connectivity index (χ3n) is 3.70. The molecule has 0 aliphatic carbocycles. The van der Waals surface area contributed by atoms with E-state index in [4.69, 9.17) is 9.29 Å². The Labute approximate surface area is 155 Å². The maximum absolute atomic E-state index is 12.5. The van der Waals surface area contributed by atoms with Crippen LogP contribution in [-0.4, -0.2) is 31.9 Å². The molecule has 0 aromatic heterocycles. The molecule has 3 rings (SSSR count). The van der Waals surface area contributed by atoms with E-state index in [0.29, 0.717) is 10.7 Å². The number of rotatable bonds is 6. The lowest BCUT2D eigenvalue weighted by Crippen LogP contribution is -2.41. The van der Waals surface area contributed by atoms with Crippen molar-refractivity contribution in [2.75, 3.05) is 11.9 Å². The van der Waals surface area contributed by atoms with E-state index in [-0.39, 0.29) is 10.6 Å². The molecule has 3 N–H and O–H groups in total. The second kappa shape index (κ2) is 6.88. The Hall–Kier alpha value is -3.14. The first-order chi connectivity index (χ1) is 12.7. The number of fused-ring (bicyclic) bond motifs is 1. The van der Waals surface area contributed by atoms with E-state index in [1.165, 1.54) is 37.3 Å². The summed E-state index contributed by atoms with van der Waals surface area (Å²) in [5.41, 5.74) is 0.805. The van der Waals surface area contributed by atoms with E-state index in [1.54, 1.807) is 12.1 Å². The predicted molar refractivity (Wildman–Crippen MR) is 96.7 cm³/mol. The van der Waals surface area contributed by atoms with Gasteiger partial charge in [0.05, 0.1) is 10.7 Å². The number of hydrogen-bond donors (Lipinski definition) is 3. The van der Waals surface area contributed by atoms with Gasteiger partial charge in [0.15, 0.2) is 0 Å². The molecule has 1 amide bonds. The van der Waals surface area contributed by atoms with Crippen molar-refractivity contribution in [1.82, 2.24) is 5.32 Å². The van der Waals surface area contributed by atoms with Crippen molar-refractivity contribution in [1.29, 1.82) is 0 Å². The molecule has 1 unspecified atom stereocenters. The van der Waals surface area contributed by atoms with Gasteiger partial charge in [-0.15, -0.1) is 0 Å². The highest BCUT2D eigenvalue weighted by molar-refractivity contribution is 7.87. The molecule has 1 atom stereocenters. The van der Waals surface area contributed by atoms with Crippen LogP contribution in [0.5, 0.6) is 5.75 Å². The molecule has 142 valence electrons. The van der Waals surface area contributed by atoms with Crippen LogP contribution in [0.4, 0.5) is 10.5 Å². The molecule has 1 aliphatic rings. The first-order valence-corrected chi connectivity index (χ1v) is 9.51. The minimum Gasteiger partial charge on any atom is -0.465 e. The van der Waals surface area contributed by atoms with Crippen molar-refractivity contribution in [3.8, 4) is 5.75 Å². The molecule has 1 heterocycles. The number of benzene rings is 2. The number of nitrogens with zero attached hydrogens (tertiary/aromatic N) is 2. The van der Waals surface area contributed by atoms with Gasteiger partial charge in [-0.25, -0.2) is 14.8 Å². The summed E-state index contributed by atoms with van der Waals surface area (Å²) in [6.07, 6.45) is -1.27. The summed E-state index contributed by atoms with van der Waals surface area (Å²) in [7, 11) is -4.02. The van der Waals surface area contributed by atoms with E-state index in [0.717, 1.165) is 12.2 Å². The van der Waals surface area contributed by atoms with Crippen LogP contribution >= 0.6 is 0 Å². The Balaban J connectivity index is 1.86. The summed E-state index contributed by atoms with van der Waals surface area (Å²) in [5.74, 6) is -1.30. The zero-order chi connectivity index (χ0) is 19.7. The Kier molecular flexibility index (Phi) is 4.75. The lowest BCUT2D eigenvalue weighted by molar-refractivity contribution is 0.182. The quantitative estimate of drug-likeness (QED) is 0.633. The molecule has 2 aromatic rings. The Bertz CT molecular complexity index is 1100. The van der Waals surface area contributed by atoms with Crippen LogP contribution in [0.1, 0.15) is 13.8 Å². The lowest BCUT2D eigenvalue weighted by Gasteiger charge is -2.16. The predicted octanol–water partition coefficient (Wildman–Crippen LogP) is 1.08. The van der Waals surface area contributed by atoms with E-state index in [1.807, 2.05) is 6.92 Å². The van der Waals surface area contributed by atoms with Crippen LogP contribution in [0.3, 0.4) is 0 Å². The molecular weight excluding hydrogens is 372 g/mol. The fraction of sp³-hybridized carbons (Fsp3) is 0.235. The topological polar surface area (TPSA) is 129 Å². The second-order valence-electron chi connectivity index (χ2n) is 5.92. The minimum atomic E-state index is -4.02. The lowest BCUT2D eigenvalue weighted by atomic mass is 10.3. The molecule has 9 nitrogen and oxygen atoms in total. The Morgan fingerprint density at radius 3 is 2.44 bits per heavy atom. The van der Waals surface area contributed by atoms with Crippen molar-refractivity contribution < 1.29 is 22.5 Å². The van der Waals surface area contributed by atoms with Crippen molar-refractivity contribution in [2.45, 2.75) is 24.5 Å². The summed E-state index contributed by atoms with van der Waals surface area (Å²) in [5, 5.41) is 14.9. The average molecular weight is 390 g/mol. The summed E-state index contributed by atoms with van der Waals surface area (Å²) < 4.78 is 30.1. The fourth-order valence-corrected chi connectivity index (χ4v) is 3.53. The average Bonchev–Trinajstić information content (AvgIpc) is 2.89. The van der Waals surface area contributed by atoms with Crippen LogP contribution in [-0.2, 0) is 10.1 Å². The molecule has 27 heavy (non-hydrogen) atoms. The summed E-state index contributed by atoms with van der Waals surface area (Å²) in [6.45, 7) is 4.15. The van der Waals surface area contributed by atoms with Crippen LogP contribution in [0, 0.1) is 0 Å². The first-order valence-electron chi connectivity index (χ1n) is 8.10. The largest absolute Gasteiger partial charge is 0.465 e. The standard InChI is InChI=1S/C17H18N4O5S/c1-3-18-11-4-7-13(8-5-11)27(24,25)26-12-6-9-14-15(10-12)20-17(2,19-14)21-16(22)23/h4-10,18,21H,3H2,1-2H3,(H,22,23). The zero-order valence-electron chi connectivity index (χ0n) is 14.6. The van der Waals surface area contributed by atoms with Crippen LogP contribution < -0.4 is 25.5 Å². The Morgan fingerprint density at radius 1 is 1.15 bits per heavy atom. The maximum Gasteiger partial charge on any atom is 0.408 e. The van der Waals surface area contributed by atoms with Gasteiger partial charge >= 0.3 is 16.2 Å². The normalized spacial score (nSPS) is 18.0. The van der Waals surface area contributed by atoms with Gasteiger partial charge in [-0.2, -0.15) is 8.42 Å². The van der Waals surface area contributed by atoms with Crippen molar-refractivity contribution in [2.24, 2.45) is 9.98 Å². The van der Waals surface area contributed by atoms with Gasteiger partial charge in [-0.3, -0.25) is 5.32 Å². The van der Waals surface area contributed by atoms with E-state index < -0.39 is 22.0 Å². The van der Waals surface area contributed by atoms with E-state index in [9.17, 15) is 13.2 Å². The minimum absolute atomic E-state index is 0.0173. The van der Waals surface area contributed by atoms with Crippen molar-refractivity contribution >= 4 is 21.9 Å². The number of carboxylic acid groups (broad SMARTS) is 1. The summed E-state index contributed by atoms with van der Waals surface area (Å²) in [6, 6.07) is 10.6. The monoisotopic (exact) mass is 390 g/mol. The highest BCUT2D eigenvalue weighted by atomic mass is 32.2. The first kappa shape index (κ1) is 18.6. The molecular formula is C17H18N4O5S. The molecule has 0 bridgehead atoms. The van der Waals surface area contributed by atoms with Gasteiger partial charge in [0.1, 0.15) is 10.6 Å². The van der Waals surface area contributed by atoms with Crippen LogP contribution in [0.15, 0.2) is 57.3 Å². The number of anilines is 1. The SMILES string of the molecule is CCNc1ccc(S(=O)(=O)Oc2ccc3c(c2)=NC(C)(NC(=O)O)N=3)cc1. The third-order valence-corrected chi connectivity index (χ3v) is 4.96. The number of amides is 1. The molecule has 0 fully saturated rings. The molecule has 0 saturated carbocycles. The maximum atomic E-state index is 12.5. The smallest absolute Gasteiger partial charge is 0.408 e. The number of hydrogen-bond acceptors (Lipinski definition) is 7. The highest BCUT2D eigenvalue weighted by Crippen LogP contribution is 2.19. The van der Waals surface area contributed by atoms with Crippen LogP contribution in [0.2, 0.25) is 0 Å². The van der Waals surface area contributed by atoms with Gasteiger partial charge in [0, 0.05) is 25.2 Å². The van der Waals surface area contributed by atoms with Gasteiger partial charge < -0.3 is 14.6 Å². The van der Waals surface area contributed by atoms with E-state index >= 15 is 0 Å².